The van der Waals surface area contributed by atoms with Crippen LogP contribution >= 0.6 is 0 Å². The minimum absolute atomic E-state index is 1.04. The molecule has 0 saturated carbocycles. The van der Waals surface area contributed by atoms with Crippen LogP contribution in [0.4, 0.5) is 0 Å². The largest absolute Gasteiger partial charge is 0.253 e. The Hall–Kier alpha value is -1.63. The molecule has 1 heteroatoms. The first-order chi connectivity index (χ1) is 6.31. The molecule has 1 aromatic carbocycles. The van der Waals surface area contributed by atoms with Gasteiger partial charge >= 0.3 is 0 Å². The fourth-order valence-corrected chi connectivity index (χ4v) is 1.44. The Kier molecular flexibility index (Phi) is 1.85. The Morgan fingerprint density at radius 2 is 2.08 bits per heavy atom. The fourth-order valence-electron chi connectivity index (χ4n) is 1.44. The lowest BCUT2D eigenvalue weighted by molar-refractivity contribution is 1.24. The van der Waals surface area contributed by atoms with Crippen molar-refractivity contribution in [1.82, 2.24) is 4.98 Å². The number of para-hydroxylation sites is 1. The molecule has 0 bridgehead atoms. The summed E-state index contributed by atoms with van der Waals surface area (Å²) >= 11 is 0. The highest BCUT2D eigenvalue weighted by atomic mass is 14.7. The second kappa shape index (κ2) is 3.02. The number of aromatic nitrogens is 1. The number of nitrogens with zero attached hydrogens (tertiary/aromatic N) is 1. The summed E-state index contributed by atoms with van der Waals surface area (Å²) in [6.45, 7) is 5.76. The molecule has 1 heterocycles. The molecule has 0 atom stereocenters. The van der Waals surface area contributed by atoms with Gasteiger partial charge in [-0.2, -0.15) is 0 Å². The molecule has 1 aromatic heterocycles. The van der Waals surface area contributed by atoms with Gasteiger partial charge in [0.2, 0.25) is 0 Å². The van der Waals surface area contributed by atoms with Crippen LogP contribution in [0.15, 0.2) is 36.9 Å². The lowest BCUT2D eigenvalue weighted by Crippen LogP contribution is -1.87. The number of pyridine rings is 1. The zero-order valence-corrected chi connectivity index (χ0v) is 7.62. The predicted molar refractivity (Wildman–Crippen MR) is 56.6 cm³/mol. The van der Waals surface area contributed by atoms with Crippen LogP contribution < -0.4 is 0 Å². The predicted octanol–water partition coefficient (Wildman–Crippen LogP) is 3.19. The van der Waals surface area contributed by atoms with Crippen LogP contribution in [-0.4, -0.2) is 4.98 Å². The third kappa shape index (κ3) is 1.33. The van der Waals surface area contributed by atoms with Gasteiger partial charge in [-0.05, 0) is 24.6 Å². The average molecular weight is 169 g/mol. The van der Waals surface area contributed by atoms with Gasteiger partial charge in [0.05, 0.1) is 5.52 Å². The molecule has 2 rings (SSSR count). The summed E-state index contributed by atoms with van der Waals surface area (Å²) in [5, 5.41) is 1.17. The van der Waals surface area contributed by atoms with Gasteiger partial charge in [-0.1, -0.05) is 30.9 Å². The van der Waals surface area contributed by atoms with Gasteiger partial charge in [-0.25, -0.2) is 0 Å². The number of aryl methyl sites for hydroxylation is 1. The second-order valence-corrected chi connectivity index (χ2v) is 3.06. The van der Waals surface area contributed by atoms with Crippen molar-refractivity contribution in [2.75, 3.05) is 0 Å². The summed E-state index contributed by atoms with van der Waals surface area (Å²) in [6, 6.07) is 10.2. The summed E-state index contributed by atoms with van der Waals surface area (Å²) in [6.07, 6.45) is 1.84. The number of benzene rings is 1. The SMILES string of the molecule is C=Cc1cc2ccccc2nc1C. The van der Waals surface area contributed by atoms with Crippen molar-refractivity contribution >= 4 is 17.0 Å². The Labute approximate surface area is 77.7 Å². The van der Waals surface area contributed by atoms with E-state index < -0.39 is 0 Å². The highest BCUT2D eigenvalue weighted by Gasteiger charge is 1.98. The van der Waals surface area contributed by atoms with Crippen molar-refractivity contribution in [2.45, 2.75) is 6.92 Å². The van der Waals surface area contributed by atoms with Gasteiger partial charge in [0.25, 0.3) is 0 Å². The molecule has 0 aliphatic rings. The van der Waals surface area contributed by atoms with E-state index in [-0.39, 0.29) is 0 Å². The Bertz CT molecular complexity index is 458. The molecule has 0 aliphatic heterocycles. The van der Waals surface area contributed by atoms with Crippen LogP contribution in [0.5, 0.6) is 0 Å². The van der Waals surface area contributed by atoms with Gasteiger partial charge < -0.3 is 0 Å². The molecular weight excluding hydrogens is 158 g/mol. The van der Waals surface area contributed by atoms with Crippen LogP contribution in [-0.2, 0) is 0 Å². The summed E-state index contributed by atoms with van der Waals surface area (Å²) in [5.41, 5.74) is 3.19. The van der Waals surface area contributed by atoms with E-state index in [1.165, 1.54) is 5.39 Å². The van der Waals surface area contributed by atoms with Crippen molar-refractivity contribution < 1.29 is 0 Å². The maximum absolute atomic E-state index is 4.48. The zero-order chi connectivity index (χ0) is 9.26. The average Bonchev–Trinajstić information content (AvgIpc) is 2.17. The lowest BCUT2D eigenvalue weighted by Gasteiger charge is -2.02. The first kappa shape index (κ1) is 7.99. The standard InChI is InChI=1S/C12H11N/c1-3-10-8-11-6-4-5-7-12(11)13-9(10)2/h3-8H,1H2,2H3. The van der Waals surface area contributed by atoms with Crippen LogP contribution in [0.1, 0.15) is 11.3 Å². The summed E-state index contributed by atoms with van der Waals surface area (Å²) < 4.78 is 0. The highest BCUT2D eigenvalue weighted by molar-refractivity contribution is 5.81. The zero-order valence-electron chi connectivity index (χ0n) is 7.62. The number of hydrogen-bond acceptors (Lipinski definition) is 1. The Balaban J connectivity index is 2.81. The number of rotatable bonds is 1. The topological polar surface area (TPSA) is 12.9 Å². The maximum atomic E-state index is 4.48. The van der Waals surface area contributed by atoms with Crippen LogP contribution in [0.25, 0.3) is 17.0 Å². The van der Waals surface area contributed by atoms with Crippen LogP contribution in [0.3, 0.4) is 0 Å². The smallest absolute Gasteiger partial charge is 0.0705 e. The normalized spacial score (nSPS) is 10.2. The van der Waals surface area contributed by atoms with Crippen molar-refractivity contribution in [3.63, 3.8) is 0 Å². The Morgan fingerprint density at radius 1 is 1.31 bits per heavy atom. The molecule has 1 nitrogen and oxygen atoms in total. The molecule has 64 valence electrons. The third-order valence-electron chi connectivity index (χ3n) is 2.17. The quantitative estimate of drug-likeness (QED) is 0.638. The third-order valence-corrected chi connectivity index (χ3v) is 2.17. The van der Waals surface area contributed by atoms with E-state index in [2.05, 4.69) is 23.7 Å². The lowest BCUT2D eigenvalue weighted by atomic mass is 10.1. The number of hydrogen-bond donors (Lipinski definition) is 0. The molecule has 0 amide bonds. The van der Waals surface area contributed by atoms with Crippen molar-refractivity contribution in [2.24, 2.45) is 0 Å². The summed E-state index contributed by atoms with van der Waals surface area (Å²) in [7, 11) is 0. The van der Waals surface area contributed by atoms with Crippen molar-refractivity contribution in [1.29, 1.82) is 0 Å². The molecular formula is C12H11N. The molecule has 13 heavy (non-hydrogen) atoms. The van der Waals surface area contributed by atoms with E-state index in [4.69, 9.17) is 0 Å². The maximum Gasteiger partial charge on any atom is 0.0705 e. The van der Waals surface area contributed by atoms with E-state index >= 15 is 0 Å². The second-order valence-electron chi connectivity index (χ2n) is 3.06. The van der Waals surface area contributed by atoms with E-state index in [1.54, 1.807) is 0 Å². The molecule has 0 N–H and O–H groups in total. The fraction of sp³-hybridized carbons (Fsp3) is 0.0833. The molecule has 0 fully saturated rings. The van der Waals surface area contributed by atoms with Crippen LogP contribution in [0.2, 0.25) is 0 Å². The van der Waals surface area contributed by atoms with Gasteiger partial charge in [0.1, 0.15) is 0 Å². The molecule has 0 spiro atoms. The van der Waals surface area contributed by atoms with Crippen LogP contribution in [0, 0.1) is 6.92 Å². The van der Waals surface area contributed by atoms with E-state index in [0.717, 1.165) is 16.8 Å². The van der Waals surface area contributed by atoms with Crippen molar-refractivity contribution in [3.8, 4) is 0 Å². The molecule has 0 aliphatic carbocycles. The highest BCUT2D eigenvalue weighted by Crippen LogP contribution is 2.16. The summed E-state index contributed by atoms with van der Waals surface area (Å²) in [5.74, 6) is 0. The molecule has 2 aromatic rings. The van der Waals surface area contributed by atoms with E-state index in [1.807, 2.05) is 31.2 Å². The Morgan fingerprint density at radius 3 is 2.85 bits per heavy atom. The molecule has 0 radical (unpaired) electrons. The van der Waals surface area contributed by atoms with Gasteiger partial charge in [0.15, 0.2) is 0 Å². The number of fused-ring (bicyclic) bond motifs is 1. The van der Waals surface area contributed by atoms with E-state index in [9.17, 15) is 0 Å². The first-order valence-electron chi connectivity index (χ1n) is 4.30. The minimum Gasteiger partial charge on any atom is -0.253 e. The first-order valence-corrected chi connectivity index (χ1v) is 4.30. The van der Waals surface area contributed by atoms with E-state index in [0.29, 0.717) is 0 Å². The van der Waals surface area contributed by atoms with Gasteiger partial charge in [0, 0.05) is 11.1 Å². The minimum atomic E-state index is 1.04. The molecule has 0 saturated heterocycles. The van der Waals surface area contributed by atoms with Gasteiger partial charge in [-0.15, -0.1) is 0 Å². The van der Waals surface area contributed by atoms with Crippen molar-refractivity contribution in [3.05, 3.63) is 48.2 Å². The molecule has 0 unspecified atom stereocenters. The summed E-state index contributed by atoms with van der Waals surface area (Å²) in [4.78, 5) is 4.48. The van der Waals surface area contributed by atoms with Gasteiger partial charge in [-0.3, -0.25) is 4.98 Å². The monoisotopic (exact) mass is 169 g/mol.